The molecular weight excluding hydrogens is 263 g/mol. The number of hydrogen-bond donors (Lipinski definition) is 0. The first-order chi connectivity index (χ1) is 5.54. The smallest absolute Gasteiger partial charge is 0.139 e. The second-order valence-corrected chi connectivity index (χ2v) is 5.51. The van der Waals surface area contributed by atoms with E-state index >= 15 is 0 Å². The molecule has 68 valence electrons. The Morgan fingerprint density at radius 3 is 2.50 bits per heavy atom. The molecule has 0 aromatic rings. The Morgan fingerprint density at radius 2 is 2.25 bits per heavy atom. The molecule has 12 heavy (non-hydrogen) atoms. The van der Waals surface area contributed by atoms with Crippen LogP contribution in [0.1, 0.15) is 33.1 Å². The van der Waals surface area contributed by atoms with Gasteiger partial charge in [-0.25, -0.2) is 0 Å². The van der Waals surface area contributed by atoms with Gasteiger partial charge in [0, 0.05) is 16.3 Å². The fourth-order valence-electron chi connectivity index (χ4n) is 3.01. The normalized spacial score (nSPS) is 51.9. The van der Waals surface area contributed by atoms with Crippen LogP contribution < -0.4 is 0 Å². The van der Waals surface area contributed by atoms with E-state index in [0.29, 0.717) is 17.1 Å². The van der Waals surface area contributed by atoms with Gasteiger partial charge in [-0.05, 0) is 24.2 Å². The molecule has 0 unspecified atom stereocenters. The zero-order valence-corrected chi connectivity index (χ0v) is 9.85. The van der Waals surface area contributed by atoms with Crippen LogP contribution >= 0.6 is 22.6 Å². The van der Waals surface area contributed by atoms with Crippen molar-refractivity contribution >= 4 is 28.4 Å². The summed E-state index contributed by atoms with van der Waals surface area (Å²) in [6.45, 7) is 4.49. The highest BCUT2D eigenvalue weighted by atomic mass is 127. The second kappa shape index (κ2) is 2.46. The number of carbonyl (C=O) groups is 1. The van der Waals surface area contributed by atoms with Gasteiger partial charge >= 0.3 is 0 Å². The fraction of sp³-hybridized carbons (Fsp3) is 0.900. The van der Waals surface area contributed by atoms with Gasteiger partial charge in [-0.3, -0.25) is 4.79 Å². The minimum Gasteiger partial charge on any atom is -0.299 e. The third kappa shape index (κ3) is 0.777. The lowest BCUT2D eigenvalue weighted by atomic mass is 9.70. The van der Waals surface area contributed by atoms with Gasteiger partial charge in [-0.1, -0.05) is 36.4 Å². The highest BCUT2D eigenvalue weighted by Crippen LogP contribution is 2.64. The SMILES string of the molecule is C[C@@]12CC[C@@H](CC1=O)[C@@]2(C)CI. The average molecular weight is 278 g/mol. The predicted octanol–water partition coefficient (Wildman–Crippen LogP) is 2.82. The molecule has 2 fully saturated rings. The number of hydrogen-bond acceptors (Lipinski definition) is 1. The minimum absolute atomic E-state index is 0.0266. The molecule has 2 aliphatic rings. The molecule has 3 atom stereocenters. The van der Waals surface area contributed by atoms with Crippen LogP contribution in [-0.4, -0.2) is 10.2 Å². The Kier molecular flexibility index (Phi) is 1.84. The molecule has 2 heteroatoms. The molecule has 2 bridgehead atoms. The third-order valence-corrected chi connectivity index (χ3v) is 6.06. The van der Waals surface area contributed by atoms with Gasteiger partial charge in [0.2, 0.25) is 0 Å². The lowest BCUT2D eigenvalue weighted by Crippen LogP contribution is -2.36. The first-order valence-electron chi connectivity index (χ1n) is 4.64. The number of ketones is 1. The van der Waals surface area contributed by atoms with Gasteiger partial charge in [0.1, 0.15) is 5.78 Å². The van der Waals surface area contributed by atoms with Crippen molar-refractivity contribution in [3.8, 4) is 0 Å². The summed E-state index contributed by atoms with van der Waals surface area (Å²) in [5.41, 5.74) is 0.337. The van der Waals surface area contributed by atoms with E-state index in [-0.39, 0.29) is 5.41 Å². The summed E-state index contributed by atoms with van der Waals surface area (Å²) in [6, 6.07) is 0. The van der Waals surface area contributed by atoms with Crippen LogP contribution in [0.25, 0.3) is 0 Å². The summed E-state index contributed by atoms with van der Waals surface area (Å²) in [4.78, 5) is 11.7. The Morgan fingerprint density at radius 1 is 1.58 bits per heavy atom. The fourth-order valence-corrected chi connectivity index (χ4v) is 4.47. The Balaban J connectivity index is 2.44. The van der Waals surface area contributed by atoms with E-state index in [0.717, 1.165) is 17.3 Å². The number of carbonyl (C=O) groups excluding carboxylic acids is 1. The molecule has 0 amide bonds. The quantitative estimate of drug-likeness (QED) is 0.532. The number of fused-ring (bicyclic) bond motifs is 2. The van der Waals surface area contributed by atoms with Gasteiger partial charge in [0.15, 0.2) is 0 Å². The average Bonchev–Trinajstić information content (AvgIpc) is 2.39. The molecule has 0 aliphatic heterocycles. The monoisotopic (exact) mass is 278 g/mol. The Labute approximate surface area is 87.4 Å². The summed E-state index contributed by atoms with van der Waals surface area (Å²) in [5.74, 6) is 1.21. The van der Waals surface area contributed by atoms with Crippen LogP contribution in [0.4, 0.5) is 0 Å². The molecule has 2 saturated carbocycles. The van der Waals surface area contributed by atoms with Crippen molar-refractivity contribution in [1.82, 2.24) is 0 Å². The van der Waals surface area contributed by atoms with Crippen molar-refractivity contribution in [2.75, 3.05) is 4.43 Å². The Bertz CT molecular complexity index is 238. The molecule has 2 rings (SSSR count). The molecular formula is C10H15IO. The van der Waals surface area contributed by atoms with Gasteiger partial charge in [-0.15, -0.1) is 0 Å². The molecule has 0 N–H and O–H groups in total. The van der Waals surface area contributed by atoms with Crippen LogP contribution in [0, 0.1) is 16.7 Å². The van der Waals surface area contributed by atoms with Crippen molar-refractivity contribution in [2.24, 2.45) is 16.7 Å². The molecule has 0 heterocycles. The third-order valence-electron chi connectivity index (χ3n) is 4.48. The van der Waals surface area contributed by atoms with E-state index in [2.05, 4.69) is 36.4 Å². The van der Waals surface area contributed by atoms with Gasteiger partial charge in [0.25, 0.3) is 0 Å². The summed E-state index contributed by atoms with van der Waals surface area (Å²) >= 11 is 2.44. The van der Waals surface area contributed by atoms with Crippen molar-refractivity contribution < 1.29 is 4.79 Å². The molecule has 2 aliphatic carbocycles. The maximum atomic E-state index is 11.7. The van der Waals surface area contributed by atoms with Crippen molar-refractivity contribution in [3.63, 3.8) is 0 Å². The second-order valence-electron chi connectivity index (χ2n) is 4.75. The number of halogens is 1. The molecule has 0 aromatic heterocycles. The maximum Gasteiger partial charge on any atom is 0.139 e. The number of rotatable bonds is 1. The Hall–Kier alpha value is 0.400. The van der Waals surface area contributed by atoms with Crippen LogP contribution in [0.15, 0.2) is 0 Å². The van der Waals surface area contributed by atoms with Gasteiger partial charge in [-0.2, -0.15) is 0 Å². The molecule has 1 nitrogen and oxygen atoms in total. The highest BCUT2D eigenvalue weighted by molar-refractivity contribution is 14.1. The molecule has 0 aromatic carbocycles. The van der Waals surface area contributed by atoms with Crippen molar-refractivity contribution in [1.29, 1.82) is 0 Å². The standard InChI is InChI=1S/C10H15IO/c1-9-4-3-7(5-8(9)12)10(9,2)6-11/h7H,3-6H2,1-2H3/t7-,9+,10+/m0/s1. The summed E-state index contributed by atoms with van der Waals surface area (Å²) in [6.07, 6.45) is 3.27. The first-order valence-corrected chi connectivity index (χ1v) is 6.16. The van der Waals surface area contributed by atoms with Crippen LogP contribution in [0.5, 0.6) is 0 Å². The van der Waals surface area contributed by atoms with Gasteiger partial charge < -0.3 is 0 Å². The van der Waals surface area contributed by atoms with Crippen LogP contribution in [0.2, 0.25) is 0 Å². The number of Topliss-reactive ketones (excluding diaryl/α,β-unsaturated/α-hetero) is 1. The number of alkyl halides is 1. The van der Waals surface area contributed by atoms with E-state index in [1.54, 1.807) is 0 Å². The first kappa shape index (κ1) is 8.97. The molecule has 0 saturated heterocycles. The minimum atomic E-state index is 0.0266. The lowest BCUT2D eigenvalue weighted by molar-refractivity contribution is -0.128. The van der Waals surface area contributed by atoms with Gasteiger partial charge in [0.05, 0.1) is 0 Å². The predicted molar refractivity (Wildman–Crippen MR) is 57.4 cm³/mol. The van der Waals surface area contributed by atoms with Crippen molar-refractivity contribution in [2.45, 2.75) is 33.1 Å². The van der Waals surface area contributed by atoms with Crippen LogP contribution in [-0.2, 0) is 4.79 Å². The van der Waals surface area contributed by atoms with E-state index in [1.807, 2.05) is 0 Å². The molecule has 0 spiro atoms. The maximum absolute atomic E-state index is 11.7. The lowest BCUT2D eigenvalue weighted by Gasteiger charge is -2.34. The van der Waals surface area contributed by atoms with E-state index in [1.165, 1.54) is 6.42 Å². The van der Waals surface area contributed by atoms with E-state index < -0.39 is 0 Å². The summed E-state index contributed by atoms with van der Waals surface area (Å²) in [7, 11) is 0. The zero-order chi connectivity index (χ0) is 8.98. The van der Waals surface area contributed by atoms with E-state index in [4.69, 9.17) is 0 Å². The largest absolute Gasteiger partial charge is 0.299 e. The van der Waals surface area contributed by atoms with Crippen LogP contribution in [0.3, 0.4) is 0 Å². The molecule has 0 radical (unpaired) electrons. The van der Waals surface area contributed by atoms with E-state index in [9.17, 15) is 4.79 Å². The zero-order valence-electron chi connectivity index (χ0n) is 7.69. The van der Waals surface area contributed by atoms with Crippen molar-refractivity contribution in [3.05, 3.63) is 0 Å². The summed E-state index contributed by atoms with van der Waals surface area (Å²) < 4.78 is 1.14. The topological polar surface area (TPSA) is 17.1 Å². The highest BCUT2D eigenvalue weighted by Gasteiger charge is 2.63. The summed E-state index contributed by atoms with van der Waals surface area (Å²) in [5, 5.41) is 0.